The summed E-state index contributed by atoms with van der Waals surface area (Å²) in [6, 6.07) is 0. The van der Waals surface area contributed by atoms with Crippen molar-refractivity contribution in [1.82, 2.24) is 30.3 Å². The Morgan fingerprint density at radius 3 is 2.75 bits per heavy atom. The van der Waals surface area contributed by atoms with Crippen LogP contribution < -0.4 is 10.6 Å². The maximum Gasteiger partial charge on any atom is 0.191 e. The number of methoxy groups -OCH3 is 1. The molecule has 140 valence electrons. The van der Waals surface area contributed by atoms with Crippen LogP contribution in [0.15, 0.2) is 11.3 Å². The van der Waals surface area contributed by atoms with Gasteiger partial charge in [0.2, 0.25) is 0 Å². The number of aryl methyl sites for hydroxylation is 1. The number of hydrogen-bond donors (Lipinski definition) is 2. The molecule has 1 heterocycles. The molecular formula is C15H32IN7O. The van der Waals surface area contributed by atoms with Crippen LogP contribution in [0, 0.1) is 0 Å². The summed E-state index contributed by atoms with van der Waals surface area (Å²) in [6.45, 7) is 7.37. The molecule has 0 bridgehead atoms. The van der Waals surface area contributed by atoms with Gasteiger partial charge in [-0.2, -0.15) is 0 Å². The Kier molecular flexibility index (Phi) is 13.8. The standard InChI is InChI=1S/C15H31N7O.HI/c1-5-14-20-19-13-22(14)11-8-18-15(16-2)17-7-10-21(3)9-6-12-23-4;/h13H,5-12H2,1-4H3,(H2,16,17,18);1H. The number of aromatic nitrogens is 3. The van der Waals surface area contributed by atoms with E-state index in [9.17, 15) is 0 Å². The van der Waals surface area contributed by atoms with Crippen LogP contribution in [-0.4, -0.2) is 79.6 Å². The molecule has 0 radical (unpaired) electrons. The quantitative estimate of drug-likeness (QED) is 0.221. The maximum absolute atomic E-state index is 5.06. The average molecular weight is 453 g/mol. The number of ether oxygens (including phenoxy) is 1. The van der Waals surface area contributed by atoms with Crippen molar-refractivity contribution in [3.63, 3.8) is 0 Å². The van der Waals surface area contributed by atoms with E-state index in [1.54, 1.807) is 20.5 Å². The van der Waals surface area contributed by atoms with E-state index >= 15 is 0 Å². The minimum Gasteiger partial charge on any atom is -0.385 e. The Balaban J connectivity index is 0.00000529. The van der Waals surface area contributed by atoms with Crippen LogP contribution in [0.4, 0.5) is 0 Å². The highest BCUT2D eigenvalue weighted by atomic mass is 127. The molecule has 0 saturated carbocycles. The van der Waals surface area contributed by atoms with E-state index in [0.29, 0.717) is 0 Å². The van der Waals surface area contributed by atoms with Crippen LogP contribution in [0.1, 0.15) is 19.2 Å². The molecule has 0 amide bonds. The van der Waals surface area contributed by atoms with Gasteiger partial charge in [-0.05, 0) is 13.5 Å². The first kappa shape index (κ1) is 23.1. The molecule has 0 unspecified atom stereocenters. The molecule has 0 aliphatic heterocycles. The number of likely N-dealkylation sites (N-methyl/N-ethyl adjacent to an activating group) is 1. The van der Waals surface area contributed by atoms with Gasteiger partial charge in [-0.15, -0.1) is 34.2 Å². The molecule has 0 aliphatic rings. The molecule has 0 atom stereocenters. The summed E-state index contributed by atoms with van der Waals surface area (Å²) in [4.78, 5) is 6.52. The summed E-state index contributed by atoms with van der Waals surface area (Å²) in [5.74, 6) is 1.83. The van der Waals surface area contributed by atoms with Gasteiger partial charge in [-0.3, -0.25) is 4.99 Å². The summed E-state index contributed by atoms with van der Waals surface area (Å²) < 4.78 is 7.12. The summed E-state index contributed by atoms with van der Waals surface area (Å²) in [6.07, 6.45) is 3.72. The van der Waals surface area contributed by atoms with Gasteiger partial charge in [-0.1, -0.05) is 6.92 Å². The lowest BCUT2D eigenvalue weighted by atomic mass is 10.4. The van der Waals surface area contributed by atoms with Gasteiger partial charge in [0.25, 0.3) is 0 Å². The van der Waals surface area contributed by atoms with Crippen molar-refractivity contribution < 1.29 is 4.74 Å². The zero-order valence-corrected chi connectivity index (χ0v) is 17.6. The van der Waals surface area contributed by atoms with Crippen molar-refractivity contribution in [1.29, 1.82) is 0 Å². The lowest BCUT2D eigenvalue weighted by Gasteiger charge is -2.18. The number of nitrogens with zero attached hydrogens (tertiary/aromatic N) is 5. The fourth-order valence-corrected chi connectivity index (χ4v) is 2.21. The van der Waals surface area contributed by atoms with Crippen LogP contribution >= 0.6 is 24.0 Å². The van der Waals surface area contributed by atoms with Crippen molar-refractivity contribution in [3.05, 3.63) is 12.2 Å². The van der Waals surface area contributed by atoms with Crippen LogP contribution in [0.5, 0.6) is 0 Å². The molecule has 2 N–H and O–H groups in total. The SMILES string of the molecule is CCc1nncn1CCNC(=NC)NCCN(C)CCCOC.I. The molecule has 1 rings (SSSR count). The normalized spacial score (nSPS) is 11.5. The number of guanidine groups is 1. The number of aliphatic imine (C=N–C) groups is 1. The Hall–Kier alpha value is -0.940. The molecule has 1 aromatic heterocycles. The van der Waals surface area contributed by atoms with E-state index < -0.39 is 0 Å². The van der Waals surface area contributed by atoms with Gasteiger partial charge in [0.05, 0.1) is 0 Å². The molecule has 0 fully saturated rings. The number of halogens is 1. The van der Waals surface area contributed by atoms with Gasteiger partial charge < -0.3 is 24.8 Å². The van der Waals surface area contributed by atoms with Gasteiger partial charge >= 0.3 is 0 Å². The number of rotatable bonds is 11. The fraction of sp³-hybridized carbons (Fsp3) is 0.800. The molecule has 0 saturated heterocycles. The molecule has 0 aromatic carbocycles. The third-order valence-corrected chi connectivity index (χ3v) is 3.55. The molecule has 24 heavy (non-hydrogen) atoms. The first-order chi connectivity index (χ1) is 11.2. The van der Waals surface area contributed by atoms with E-state index in [2.05, 4.69) is 49.3 Å². The Morgan fingerprint density at radius 1 is 1.33 bits per heavy atom. The molecular weight excluding hydrogens is 421 g/mol. The lowest BCUT2D eigenvalue weighted by molar-refractivity contribution is 0.180. The minimum absolute atomic E-state index is 0. The zero-order valence-electron chi connectivity index (χ0n) is 15.3. The Labute approximate surface area is 162 Å². The first-order valence-corrected chi connectivity index (χ1v) is 8.20. The fourth-order valence-electron chi connectivity index (χ4n) is 2.21. The predicted octanol–water partition coefficient (Wildman–Crippen LogP) is 0.592. The van der Waals surface area contributed by atoms with Crippen molar-refractivity contribution in [2.75, 3.05) is 54.0 Å². The molecule has 0 aliphatic carbocycles. The van der Waals surface area contributed by atoms with E-state index in [4.69, 9.17) is 4.74 Å². The monoisotopic (exact) mass is 453 g/mol. The highest BCUT2D eigenvalue weighted by Gasteiger charge is 2.03. The first-order valence-electron chi connectivity index (χ1n) is 8.20. The summed E-state index contributed by atoms with van der Waals surface area (Å²) >= 11 is 0. The molecule has 8 nitrogen and oxygen atoms in total. The van der Waals surface area contributed by atoms with Crippen LogP contribution in [0.2, 0.25) is 0 Å². The van der Waals surface area contributed by atoms with E-state index in [1.165, 1.54) is 0 Å². The van der Waals surface area contributed by atoms with Gasteiger partial charge in [0.15, 0.2) is 5.96 Å². The van der Waals surface area contributed by atoms with Gasteiger partial charge in [0.1, 0.15) is 12.2 Å². The highest BCUT2D eigenvalue weighted by molar-refractivity contribution is 14.0. The second-order valence-corrected chi connectivity index (χ2v) is 5.37. The average Bonchev–Trinajstić information content (AvgIpc) is 3.01. The Bertz CT molecular complexity index is 453. The zero-order chi connectivity index (χ0) is 16.9. The smallest absolute Gasteiger partial charge is 0.191 e. The van der Waals surface area contributed by atoms with Gasteiger partial charge in [0, 0.05) is 59.9 Å². The second kappa shape index (κ2) is 14.4. The molecule has 9 heteroatoms. The predicted molar refractivity (Wildman–Crippen MR) is 108 cm³/mol. The number of hydrogen-bond acceptors (Lipinski definition) is 5. The van der Waals surface area contributed by atoms with Crippen molar-refractivity contribution in [2.45, 2.75) is 26.3 Å². The van der Waals surface area contributed by atoms with Crippen molar-refractivity contribution >= 4 is 29.9 Å². The minimum atomic E-state index is 0. The largest absolute Gasteiger partial charge is 0.385 e. The van der Waals surface area contributed by atoms with E-state index in [1.807, 2.05) is 0 Å². The van der Waals surface area contributed by atoms with Gasteiger partial charge in [-0.25, -0.2) is 0 Å². The summed E-state index contributed by atoms with van der Waals surface area (Å²) in [5, 5.41) is 14.6. The van der Waals surface area contributed by atoms with Crippen LogP contribution in [0.3, 0.4) is 0 Å². The topological polar surface area (TPSA) is 79.6 Å². The lowest BCUT2D eigenvalue weighted by Crippen LogP contribution is -2.42. The van der Waals surface area contributed by atoms with E-state index in [-0.39, 0.29) is 24.0 Å². The van der Waals surface area contributed by atoms with Crippen LogP contribution in [0.25, 0.3) is 0 Å². The third kappa shape index (κ3) is 9.38. The molecule has 1 aromatic rings. The Morgan fingerprint density at radius 2 is 2.08 bits per heavy atom. The third-order valence-electron chi connectivity index (χ3n) is 3.55. The maximum atomic E-state index is 5.06. The number of nitrogens with one attached hydrogen (secondary N) is 2. The van der Waals surface area contributed by atoms with Crippen LogP contribution in [-0.2, 0) is 17.7 Å². The van der Waals surface area contributed by atoms with Crippen molar-refractivity contribution in [3.8, 4) is 0 Å². The summed E-state index contributed by atoms with van der Waals surface area (Å²) in [5.41, 5.74) is 0. The second-order valence-electron chi connectivity index (χ2n) is 5.37. The highest BCUT2D eigenvalue weighted by Crippen LogP contribution is 1.94. The molecule has 0 spiro atoms. The summed E-state index contributed by atoms with van der Waals surface area (Å²) in [7, 11) is 5.64. The van der Waals surface area contributed by atoms with Crippen molar-refractivity contribution in [2.24, 2.45) is 4.99 Å². The van der Waals surface area contributed by atoms with E-state index in [0.717, 1.165) is 64.0 Å².